The Labute approximate surface area is 262 Å². The lowest BCUT2D eigenvalue weighted by atomic mass is 10.0. The number of carbonyl (C=O) groups excluding carboxylic acids is 2. The number of hydrogen-bond donors (Lipinski definition) is 3. The molecular weight excluding hydrogens is 605 g/mol. The topological polar surface area (TPSA) is 152 Å². The number of urea groups is 1. The molecule has 0 saturated heterocycles. The van der Waals surface area contributed by atoms with Gasteiger partial charge in [-0.15, -0.1) is 0 Å². The zero-order valence-corrected chi connectivity index (χ0v) is 26.7. The number of benzene rings is 2. The molecule has 3 aromatic rings. The van der Waals surface area contributed by atoms with E-state index < -0.39 is 28.0 Å². The SMILES string of the molecule is Cc1noc(C)c1NC(=O)Nc1ccc2c(c1)CC(=O)NC[C@@H](C)[C@H](CN(C)S(=O)(=O)c1ccc(F)cc1)OCCCCCO2. The number of fused-ring (bicyclic) bond motifs is 1. The van der Waals surface area contributed by atoms with E-state index in [1.165, 1.54) is 23.5 Å². The number of amides is 3. The van der Waals surface area contributed by atoms with Gasteiger partial charge in [0.15, 0.2) is 5.76 Å². The number of anilines is 2. The number of ether oxygens (including phenoxy) is 2. The number of halogens is 1. The Bertz CT molecular complexity index is 1560. The monoisotopic (exact) mass is 645 g/mol. The molecule has 1 aliphatic heterocycles. The highest BCUT2D eigenvalue weighted by Crippen LogP contribution is 2.26. The smallest absolute Gasteiger partial charge is 0.323 e. The second-order valence-corrected chi connectivity index (χ2v) is 13.2. The average Bonchev–Trinajstić information content (AvgIpc) is 3.31. The number of sulfonamides is 1. The van der Waals surface area contributed by atoms with Crippen molar-refractivity contribution in [3.63, 3.8) is 0 Å². The lowest BCUT2D eigenvalue weighted by Crippen LogP contribution is -2.43. The van der Waals surface area contributed by atoms with Crippen LogP contribution in [0.4, 0.5) is 20.6 Å². The molecule has 0 fully saturated rings. The summed E-state index contributed by atoms with van der Waals surface area (Å²) in [7, 11) is -2.42. The van der Waals surface area contributed by atoms with E-state index in [1.54, 1.807) is 32.0 Å². The van der Waals surface area contributed by atoms with E-state index in [9.17, 15) is 22.4 Å². The highest BCUT2D eigenvalue weighted by molar-refractivity contribution is 7.89. The van der Waals surface area contributed by atoms with Crippen LogP contribution in [-0.2, 0) is 26.0 Å². The highest BCUT2D eigenvalue weighted by Gasteiger charge is 2.28. The molecule has 2 heterocycles. The Morgan fingerprint density at radius 3 is 2.53 bits per heavy atom. The number of carbonyl (C=O) groups is 2. The zero-order chi connectivity index (χ0) is 32.6. The van der Waals surface area contributed by atoms with Crippen LogP contribution in [0.1, 0.15) is 43.2 Å². The van der Waals surface area contributed by atoms with Crippen LogP contribution >= 0.6 is 0 Å². The van der Waals surface area contributed by atoms with Crippen LogP contribution in [0.25, 0.3) is 0 Å². The first-order valence-corrected chi connectivity index (χ1v) is 16.2. The number of likely N-dealkylation sites (N-methyl/N-ethyl adjacent to an activating group) is 1. The fourth-order valence-electron chi connectivity index (χ4n) is 4.85. The number of rotatable bonds is 6. The van der Waals surface area contributed by atoms with Gasteiger partial charge in [0.1, 0.15) is 22.9 Å². The predicted molar refractivity (Wildman–Crippen MR) is 166 cm³/mol. The van der Waals surface area contributed by atoms with Gasteiger partial charge in [0, 0.05) is 43.9 Å². The summed E-state index contributed by atoms with van der Waals surface area (Å²) in [5.74, 6) is -0.000645. The highest BCUT2D eigenvalue weighted by atomic mass is 32.2. The molecule has 0 aliphatic carbocycles. The molecule has 0 unspecified atom stereocenters. The maximum atomic E-state index is 13.4. The van der Waals surface area contributed by atoms with Gasteiger partial charge in [-0.3, -0.25) is 4.79 Å². The van der Waals surface area contributed by atoms with E-state index in [1.807, 2.05) is 6.92 Å². The van der Waals surface area contributed by atoms with Gasteiger partial charge in [-0.25, -0.2) is 17.6 Å². The van der Waals surface area contributed by atoms with E-state index in [4.69, 9.17) is 14.0 Å². The second kappa shape index (κ2) is 15.3. The van der Waals surface area contributed by atoms with Crippen molar-refractivity contribution in [1.82, 2.24) is 14.8 Å². The average molecular weight is 646 g/mol. The van der Waals surface area contributed by atoms with Crippen LogP contribution in [0, 0.1) is 25.6 Å². The molecule has 244 valence electrons. The molecule has 0 spiro atoms. The van der Waals surface area contributed by atoms with Gasteiger partial charge in [0.05, 0.1) is 24.0 Å². The Hall–Kier alpha value is -4.01. The first-order valence-electron chi connectivity index (χ1n) is 14.8. The van der Waals surface area contributed by atoms with Crippen molar-refractivity contribution >= 4 is 33.3 Å². The maximum Gasteiger partial charge on any atom is 0.323 e. The molecule has 0 saturated carbocycles. The third-order valence-electron chi connectivity index (χ3n) is 7.53. The van der Waals surface area contributed by atoms with E-state index in [-0.39, 0.29) is 36.2 Å². The van der Waals surface area contributed by atoms with Gasteiger partial charge in [0.25, 0.3) is 0 Å². The maximum absolute atomic E-state index is 13.4. The standard InChI is InChI=1S/C31H40FN5O7S/c1-20-18-33-29(38)17-23-16-25(34-31(39)35-30-21(2)36-44-22(30)3)10-13-27(23)42-14-6-5-7-15-43-28(20)19-37(4)45(40,41)26-11-8-24(32)9-12-26/h8-13,16,20,28H,5-7,14-15,17-19H2,1-4H3,(H,33,38)(H2,34,35,39)/t20-,28+/m1/s1. The van der Waals surface area contributed by atoms with Crippen LogP contribution < -0.4 is 20.7 Å². The fourth-order valence-corrected chi connectivity index (χ4v) is 6.03. The van der Waals surface area contributed by atoms with Crippen molar-refractivity contribution in [3.05, 3.63) is 65.3 Å². The Balaban J connectivity index is 1.44. The summed E-state index contributed by atoms with van der Waals surface area (Å²) in [4.78, 5) is 25.7. The predicted octanol–water partition coefficient (Wildman–Crippen LogP) is 4.64. The minimum atomic E-state index is -3.88. The van der Waals surface area contributed by atoms with Gasteiger partial charge in [-0.05, 0) is 75.6 Å². The minimum Gasteiger partial charge on any atom is -0.493 e. The van der Waals surface area contributed by atoms with E-state index in [0.717, 1.165) is 31.4 Å². The van der Waals surface area contributed by atoms with E-state index >= 15 is 0 Å². The largest absolute Gasteiger partial charge is 0.493 e. The molecule has 2 atom stereocenters. The molecule has 0 radical (unpaired) electrons. The molecule has 14 heteroatoms. The number of hydrogen-bond acceptors (Lipinski definition) is 8. The number of nitrogens with one attached hydrogen (secondary N) is 3. The molecule has 3 amide bonds. The van der Waals surface area contributed by atoms with Crippen molar-refractivity contribution in [3.8, 4) is 5.75 Å². The molecule has 1 aliphatic rings. The van der Waals surface area contributed by atoms with Crippen LogP contribution in [0.3, 0.4) is 0 Å². The molecule has 1 aromatic heterocycles. The number of aryl methyl sites for hydroxylation is 2. The van der Waals surface area contributed by atoms with Crippen molar-refractivity contribution in [2.75, 3.05) is 44.0 Å². The van der Waals surface area contributed by atoms with Gasteiger partial charge in [-0.2, -0.15) is 4.31 Å². The first kappa shape index (κ1) is 33.9. The third kappa shape index (κ3) is 9.25. The molecule has 45 heavy (non-hydrogen) atoms. The Morgan fingerprint density at radius 1 is 1.09 bits per heavy atom. The van der Waals surface area contributed by atoms with E-state index in [2.05, 4.69) is 21.1 Å². The normalized spacial score (nSPS) is 18.6. The molecule has 3 N–H and O–H groups in total. The summed E-state index contributed by atoms with van der Waals surface area (Å²) in [6, 6.07) is 9.32. The summed E-state index contributed by atoms with van der Waals surface area (Å²) in [5, 5.41) is 12.3. The number of aromatic nitrogens is 1. The van der Waals surface area contributed by atoms with Gasteiger partial charge < -0.3 is 29.9 Å². The van der Waals surface area contributed by atoms with Gasteiger partial charge >= 0.3 is 6.03 Å². The second-order valence-electron chi connectivity index (χ2n) is 11.1. The molecule has 4 rings (SSSR count). The molecular formula is C31H40FN5O7S. The fraction of sp³-hybridized carbons (Fsp3) is 0.452. The summed E-state index contributed by atoms with van der Waals surface area (Å²) >= 11 is 0. The van der Waals surface area contributed by atoms with Crippen molar-refractivity contribution < 1.29 is 36.4 Å². The summed E-state index contributed by atoms with van der Waals surface area (Å²) in [5.41, 5.74) is 2.11. The van der Waals surface area contributed by atoms with Crippen LogP contribution in [0.2, 0.25) is 0 Å². The molecule has 0 bridgehead atoms. The van der Waals surface area contributed by atoms with Crippen LogP contribution in [-0.4, -0.2) is 69.3 Å². The molecule has 12 nitrogen and oxygen atoms in total. The van der Waals surface area contributed by atoms with Crippen molar-refractivity contribution in [2.45, 2.75) is 57.5 Å². The Kier molecular flexibility index (Phi) is 11.5. The van der Waals surface area contributed by atoms with Crippen LogP contribution in [0.15, 0.2) is 51.9 Å². The van der Waals surface area contributed by atoms with Crippen LogP contribution in [0.5, 0.6) is 5.75 Å². The third-order valence-corrected chi connectivity index (χ3v) is 9.37. The summed E-state index contributed by atoms with van der Waals surface area (Å²) in [6.45, 7) is 6.43. The van der Waals surface area contributed by atoms with Gasteiger partial charge in [0.2, 0.25) is 15.9 Å². The zero-order valence-electron chi connectivity index (χ0n) is 25.9. The van der Waals surface area contributed by atoms with Crippen molar-refractivity contribution in [2.24, 2.45) is 5.92 Å². The summed E-state index contributed by atoms with van der Waals surface area (Å²) < 4.78 is 58.0. The van der Waals surface area contributed by atoms with Gasteiger partial charge in [-0.1, -0.05) is 12.1 Å². The minimum absolute atomic E-state index is 0.00652. The van der Waals surface area contributed by atoms with E-state index in [0.29, 0.717) is 47.4 Å². The quantitative estimate of drug-likeness (QED) is 0.351. The first-order chi connectivity index (χ1) is 21.4. The summed E-state index contributed by atoms with van der Waals surface area (Å²) in [6.07, 6.45) is 1.79. The lowest BCUT2D eigenvalue weighted by Gasteiger charge is -2.29. The van der Waals surface area contributed by atoms with Crippen molar-refractivity contribution in [1.29, 1.82) is 0 Å². The Morgan fingerprint density at radius 2 is 1.82 bits per heavy atom. The number of nitrogens with zero attached hydrogens (tertiary/aromatic N) is 2. The molecule has 2 aromatic carbocycles. The lowest BCUT2D eigenvalue weighted by molar-refractivity contribution is -0.120.